The lowest BCUT2D eigenvalue weighted by atomic mass is 9.92. The van der Waals surface area contributed by atoms with Gasteiger partial charge < -0.3 is 9.64 Å². The zero-order chi connectivity index (χ0) is 19.3. The van der Waals surface area contributed by atoms with E-state index in [1.807, 2.05) is 0 Å². The molecule has 2 aliphatic rings. The largest absolute Gasteiger partial charge is 0.381 e. The van der Waals surface area contributed by atoms with E-state index in [4.69, 9.17) is 4.74 Å². The van der Waals surface area contributed by atoms with Gasteiger partial charge >= 0.3 is 0 Å². The molecular weight excluding hydrogens is 364 g/mol. The van der Waals surface area contributed by atoms with Gasteiger partial charge in [-0.3, -0.25) is 4.68 Å². The average molecular weight is 399 g/mol. The van der Waals surface area contributed by atoms with E-state index in [0.717, 1.165) is 44.1 Å². The van der Waals surface area contributed by atoms with Crippen LogP contribution in [0, 0.1) is 11.8 Å². The molecule has 2 atom stereocenters. The van der Waals surface area contributed by atoms with Crippen LogP contribution in [0.4, 0.5) is 0 Å². The lowest BCUT2D eigenvalue weighted by molar-refractivity contribution is 0.0662. The second-order valence-electron chi connectivity index (χ2n) is 8.31. The molecule has 3 heterocycles. The number of rotatable bonds is 8. The number of sulfonamides is 1. The minimum absolute atomic E-state index is 0.233. The van der Waals surface area contributed by atoms with Gasteiger partial charge in [0.1, 0.15) is 4.90 Å². The van der Waals surface area contributed by atoms with Gasteiger partial charge in [0.15, 0.2) is 0 Å². The summed E-state index contributed by atoms with van der Waals surface area (Å²) in [6.45, 7) is 9.91. The Labute approximate surface area is 163 Å². The molecule has 0 saturated carbocycles. The smallest absolute Gasteiger partial charge is 0.243 e. The highest BCUT2D eigenvalue weighted by atomic mass is 32.2. The van der Waals surface area contributed by atoms with Crippen LogP contribution in [0.5, 0.6) is 0 Å². The van der Waals surface area contributed by atoms with Crippen molar-refractivity contribution >= 4 is 10.0 Å². The standard InChI is InChI=1S/C19H34N4O3S/c1-16-11-17(2)14-22(13-16)8-4-3-7-21-27(24,25)19-12-20-23(15-19)18-5-9-26-10-6-18/h12,15-18,21H,3-11,13-14H2,1-2H3/t16-,17-/m0/s1. The Kier molecular flexibility index (Phi) is 7.30. The third kappa shape index (κ3) is 6.01. The van der Waals surface area contributed by atoms with E-state index >= 15 is 0 Å². The summed E-state index contributed by atoms with van der Waals surface area (Å²) in [4.78, 5) is 2.78. The summed E-state index contributed by atoms with van der Waals surface area (Å²) in [6, 6.07) is 0.233. The van der Waals surface area contributed by atoms with Crippen LogP contribution in [-0.4, -0.2) is 62.5 Å². The lowest BCUT2D eigenvalue weighted by Gasteiger charge is -2.34. The average Bonchev–Trinajstić information content (AvgIpc) is 3.12. The third-order valence-corrected chi connectivity index (χ3v) is 7.01. The number of unbranched alkanes of at least 4 members (excludes halogenated alkanes) is 1. The highest BCUT2D eigenvalue weighted by Gasteiger charge is 2.22. The van der Waals surface area contributed by atoms with Gasteiger partial charge in [-0.2, -0.15) is 5.10 Å². The number of nitrogens with one attached hydrogen (secondary N) is 1. The van der Waals surface area contributed by atoms with E-state index in [1.54, 1.807) is 10.9 Å². The summed E-state index contributed by atoms with van der Waals surface area (Å²) in [6.07, 6.45) is 8.04. The third-order valence-electron chi connectivity index (χ3n) is 5.59. The fraction of sp³-hybridized carbons (Fsp3) is 0.842. The first-order valence-electron chi connectivity index (χ1n) is 10.3. The van der Waals surface area contributed by atoms with Gasteiger partial charge in [-0.05, 0) is 50.5 Å². The number of nitrogens with zero attached hydrogens (tertiary/aromatic N) is 3. The van der Waals surface area contributed by atoms with Crippen molar-refractivity contribution in [1.29, 1.82) is 0 Å². The quantitative estimate of drug-likeness (QED) is 0.680. The van der Waals surface area contributed by atoms with Crippen LogP contribution >= 0.6 is 0 Å². The molecule has 0 spiro atoms. The van der Waals surface area contributed by atoms with Gasteiger partial charge in [-0.15, -0.1) is 0 Å². The molecule has 2 aliphatic heterocycles. The van der Waals surface area contributed by atoms with Crippen molar-refractivity contribution in [2.75, 3.05) is 39.4 Å². The van der Waals surface area contributed by atoms with Crippen molar-refractivity contribution < 1.29 is 13.2 Å². The second kappa shape index (κ2) is 9.49. The molecule has 0 bridgehead atoms. The normalized spacial score (nSPS) is 25.7. The van der Waals surface area contributed by atoms with E-state index in [2.05, 4.69) is 28.6 Å². The topological polar surface area (TPSA) is 76.5 Å². The number of likely N-dealkylation sites (tertiary alicyclic amines) is 1. The number of hydrogen-bond acceptors (Lipinski definition) is 5. The predicted octanol–water partition coefficient (Wildman–Crippen LogP) is 2.27. The van der Waals surface area contributed by atoms with Crippen LogP contribution in [0.2, 0.25) is 0 Å². The summed E-state index contributed by atoms with van der Waals surface area (Å²) >= 11 is 0. The van der Waals surface area contributed by atoms with Gasteiger partial charge in [-0.1, -0.05) is 13.8 Å². The number of piperidine rings is 1. The molecule has 1 aromatic heterocycles. The molecule has 1 aromatic rings. The van der Waals surface area contributed by atoms with Crippen molar-refractivity contribution in [3.63, 3.8) is 0 Å². The Morgan fingerprint density at radius 3 is 2.59 bits per heavy atom. The van der Waals surface area contributed by atoms with Crippen molar-refractivity contribution in [2.24, 2.45) is 11.8 Å². The summed E-state index contributed by atoms with van der Waals surface area (Å²) < 4.78 is 34.8. The van der Waals surface area contributed by atoms with Crippen LogP contribution in [0.25, 0.3) is 0 Å². The molecule has 2 saturated heterocycles. The summed E-state index contributed by atoms with van der Waals surface area (Å²) in [5.41, 5.74) is 0. The predicted molar refractivity (Wildman–Crippen MR) is 105 cm³/mol. The fourth-order valence-electron chi connectivity index (χ4n) is 4.33. The summed E-state index contributed by atoms with van der Waals surface area (Å²) in [7, 11) is -3.48. The molecule has 0 amide bonds. The molecule has 3 rings (SSSR count). The van der Waals surface area contributed by atoms with Crippen molar-refractivity contribution in [2.45, 2.75) is 56.9 Å². The van der Waals surface area contributed by atoms with Gasteiger partial charge in [0.05, 0.1) is 12.2 Å². The molecule has 0 aliphatic carbocycles. The van der Waals surface area contributed by atoms with Gasteiger partial charge in [0, 0.05) is 39.0 Å². The Bertz CT molecular complexity index is 675. The van der Waals surface area contributed by atoms with E-state index in [0.29, 0.717) is 19.8 Å². The minimum atomic E-state index is -3.48. The highest BCUT2D eigenvalue weighted by Crippen LogP contribution is 2.22. The number of aromatic nitrogens is 2. The maximum absolute atomic E-state index is 12.5. The lowest BCUT2D eigenvalue weighted by Crippen LogP contribution is -2.39. The number of ether oxygens (including phenoxy) is 1. The summed E-state index contributed by atoms with van der Waals surface area (Å²) in [5.74, 6) is 1.53. The van der Waals surface area contributed by atoms with E-state index in [9.17, 15) is 8.42 Å². The first-order valence-corrected chi connectivity index (χ1v) is 11.8. The van der Waals surface area contributed by atoms with Gasteiger partial charge in [0.25, 0.3) is 0 Å². The van der Waals surface area contributed by atoms with E-state index in [1.165, 1.54) is 25.7 Å². The van der Waals surface area contributed by atoms with Gasteiger partial charge in [0.2, 0.25) is 10.0 Å². The monoisotopic (exact) mass is 398 g/mol. The molecule has 0 unspecified atom stereocenters. The first kappa shape index (κ1) is 20.8. The Morgan fingerprint density at radius 1 is 1.19 bits per heavy atom. The van der Waals surface area contributed by atoms with Crippen LogP contribution < -0.4 is 4.72 Å². The van der Waals surface area contributed by atoms with E-state index in [-0.39, 0.29) is 10.9 Å². The van der Waals surface area contributed by atoms with E-state index < -0.39 is 10.0 Å². The molecular formula is C19H34N4O3S. The molecule has 0 radical (unpaired) electrons. The molecule has 0 aromatic carbocycles. The van der Waals surface area contributed by atoms with Crippen molar-refractivity contribution in [3.05, 3.63) is 12.4 Å². The Balaban J connectivity index is 1.40. The van der Waals surface area contributed by atoms with Crippen LogP contribution in [0.3, 0.4) is 0 Å². The molecule has 1 N–H and O–H groups in total. The van der Waals surface area contributed by atoms with Gasteiger partial charge in [-0.25, -0.2) is 13.1 Å². The van der Waals surface area contributed by atoms with Crippen molar-refractivity contribution in [3.8, 4) is 0 Å². The Morgan fingerprint density at radius 2 is 1.89 bits per heavy atom. The zero-order valence-electron chi connectivity index (χ0n) is 16.6. The minimum Gasteiger partial charge on any atom is -0.381 e. The maximum atomic E-state index is 12.5. The second-order valence-corrected chi connectivity index (χ2v) is 10.1. The van der Waals surface area contributed by atoms with Crippen LogP contribution in [0.15, 0.2) is 17.3 Å². The SMILES string of the molecule is C[C@H]1C[C@H](C)CN(CCCCNS(=O)(=O)c2cnn(C3CCOCC3)c2)C1. The molecule has 154 valence electrons. The zero-order valence-corrected chi connectivity index (χ0v) is 17.5. The highest BCUT2D eigenvalue weighted by molar-refractivity contribution is 7.89. The molecule has 27 heavy (non-hydrogen) atoms. The maximum Gasteiger partial charge on any atom is 0.243 e. The first-order chi connectivity index (χ1) is 12.9. The molecule has 7 nitrogen and oxygen atoms in total. The van der Waals surface area contributed by atoms with Crippen molar-refractivity contribution in [1.82, 2.24) is 19.4 Å². The summed E-state index contributed by atoms with van der Waals surface area (Å²) in [5, 5.41) is 4.26. The molecule has 2 fully saturated rings. The Hall–Kier alpha value is -0.960. The van der Waals surface area contributed by atoms with Crippen LogP contribution in [0.1, 0.15) is 52.0 Å². The number of hydrogen-bond donors (Lipinski definition) is 1. The fourth-order valence-corrected chi connectivity index (χ4v) is 5.35. The van der Waals surface area contributed by atoms with Crippen LogP contribution in [-0.2, 0) is 14.8 Å². The molecule has 8 heteroatoms.